The molecule has 0 radical (unpaired) electrons. The van der Waals surface area contributed by atoms with E-state index in [0.717, 1.165) is 17.3 Å². The van der Waals surface area contributed by atoms with Gasteiger partial charge < -0.3 is 10.0 Å². The number of rotatable bonds is 1. The lowest BCUT2D eigenvalue weighted by molar-refractivity contribution is 0.126. The highest BCUT2D eigenvalue weighted by Gasteiger charge is 2.40. The summed E-state index contributed by atoms with van der Waals surface area (Å²) < 4.78 is 1.06. The summed E-state index contributed by atoms with van der Waals surface area (Å²) in [5.74, 6) is 0. The molecule has 3 rings (SSSR count). The molecule has 2 aliphatic heterocycles. The molecular weight excluding hydrogens is 268 g/mol. The molecule has 2 unspecified atom stereocenters. The Morgan fingerprint density at radius 2 is 2.00 bits per heavy atom. The van der Waals surface area contributed by atoms with Gasteiger partial charge in [-0.05, 0) is 47.7 Å². The molecule has 0 aliphatic carbocycles. The first kappa shape index (κ1) is 10.5. The number of anilines is 1. The van der Waals surface area contributed by atoms with Gasteiger partial charge in [-0.25, -0.2) is 0 Å². The predicted octanol–water partition coefficient (Wildman–Crippen LogP) is 2.34. The average Bonchev–Trinajstić information content (AvgIpc) is 2.53. The Kier molecular flexibility index (Phi) is 2.64. The molecule has 2 fully saturated rings. The van der Waals surface area contributed by atoms with E-state index >= 15 is 0 Å². The molecule has 4 heteroatoms. The standard InChI is InChI=1S/C12H15BrN2O/c13-11-7-14-4-3-12(11)15-8-1-2-9(15)6-10(16)5-8/h3-4,7-10,16H,1-2,5-6H2. The average molecular weight is 283 g/mol. The van der Waals surface area contributed by atoms with E-state index in [-0.39, 0.29) is 6.10 Å². The zero-order chi connectivity index (χ0) is 11.1. The second-order valence-corrected chi connectivity index (χ2v) is 5.60. The third-order valence-corrected chi connectivity index (χ3v) is 4.35. The second kappa shape index (κ2) is 4.00. The van der Waals surface area contributed by atoms with Crippen molar-refractivity contribution in [1.82, 2.24) is 4.98 Å². The van der Waals surface area contributed by atoms with Crippen molar-refractivity contribution in [1.29, 1.82) is 0 Å². The van der Waals surface area contributed by atoms with Gasteiger partial charge in [0.25, 0.3) is 0 Å². The van der Waals surface area contributed by atoms with E-state index in [1.54, 1.807) is 0 Å². The van der Waals surface area contributed by atoms with Crippen LogP contribution in [0.1, 0.15) is 25.7 Å². The number of halogens is 1. The number of hydrogen-bond donors (Lipinski definition) is 1. The molecule has 86 valence electrons. The first-order chi connectivity index (χ1) is 7.75. The first-order valence-corrected chi connectivity index (χ1v) is 6.61. The van der Waals surface area contributed by atoms with Crippen molar-refractivity contribution in [2.75, 3.05) is 4.90 Å². The summed E-state index contributed by atoms with van der Waals surface area (Å²) in [7, 11) is 0. The van der Waals surface area contributed by atoms with E-state index in [0.29, 0.717) is 12.1 Å². The molecule has 2 bridgehead atoms. The van der Waals surface area contributed by atoms with Gasteiger partial charge in [0.05, 0.1) is 16.3 Å². The van der Waals surface area contributed by atoms with Crippen LogP contribution in [-0.2, 0) is 0 Å². The molecule has 1 N–H and O–H groups in total. The lowest BCUT2D eigenvalue weighted by Crippen LogP contribution is -2.44. The third kappa shape index (κ3) is 1.64. The predicted molar refractivity (Wildman–Crippen MR) is 66.5 cm³/mol. The van der Waals surface area contributed by atoms with Gasteiger partial charge in [-0.2, -0.15) is 0 Å². The normalized spacial score (nSPS) is 33.1. The van der Waals surface area contributed by atoms with Crippen LogP contribution in [0.25, 0.3) is 0 Å². The summed E-state index contributed by atoms with van der Waals surface area (Å²) in [6.07, 6.45) is 7.81. The monoisotopic (exact) mass is 282 g/mol. The van der Waals surface area contributed by atoms with E-state index in [1.165, 1.54) is 18.5 Å². The number of nitrogens with zero attached hydrogens (tertiary/aromatic N) is 2. The van der Waals surface area contributed by atoms with Crippen LogP contribution in [0, 0.1) is 0 Å². The van der Waals surface area contributed by atoms with Crippen molar-refractivity contribution in [3.63, 3.8) is 0 Å². The second-order valence-electron chi connectivity index (χ2n) is 4.74. The smallest absolute Gasteiger partial charge is 0.0592 e. The van der Waals surface area contributed by atoms with Crippen LogP contribution >= 0.6 is 15.9 Å². The first-order valence-electron chi connectivity index (χ1n) is 5.81. The largest absolute Gasteiger partial charge is 0.393 e. The summed E-state index contributed by atoms with van der Waals surface area (Å²) in [6, 6.07) is 3.08. The molecule has 1 aromatic rings. The Balaban J connectivity index is 1.94. The van der Waals surface area contributed by atoms with Gasteiger partial charge in [0, 0.05) is 24.5 Å². The Labute approximate surface area is 104 Å². The van der Waals surface area contributed by atoms with E-state index in [1.807, 2.05) is 12.4 Å². The van der Waals surface area contributed by atoms with Crippen LogP contribution < -0.4 is 4.90 Å². The van der Waals surface area contributed by atoms with Crippen molar-refractivity contribution < 1.29 is 5.11 Å². The van der Waals surface area contributed by atoms with Gasteiger partial charge in [-0.1, -0.05) is 0 Å². The number of aliphatic hydroxyl groups is 1. The number of aliphatic hydroxyl groups excluding tert-OH is 1. The minimum absolute atomic E-state index is 0.102. The van der Waals surface area contributed by atoms with Crippen molar-refractivity contribution >= 4 is 21.6 Å². The van der Waals surface area contributed by atoms with Crippen molar-refractivity contribution in [3.8, 4) is 0 Å². The lowest BCUT2D eigenvalue weighted by Gasteiger charge is -2.39. The summed E-state index contributed by atoms with van der Waals surface area (Å²) >= 11 is 3.56. The fraction of sp³-hybridized carbons (Fsp3) is 0.583. The minimum Gasteiger partial charge on any atom is -0.393 e. The number of piperidine rings is 1. The van der Waals surface area contributed by atoms with E-state index < -0.39 is 0 Å². The van der Waals surface area contributed by atoms with Crippen LogP contribution in [0.15, 0.2) is 22.9 Å². The highest BCUT2D eigenvalue weighted by molar-refractivity contribution is 9.10. The maximum atomic E-state index is 9.77. The maximum absolute atomic E-state index is 9.77. The van der Waals surface area contributed by atoms with Crippen LogP contribution in [0.3, 0.4) is 0 Å². The number of fused-ring (bicyclic) bond motifs is 2. The molecular formula is C12H15BrN2O. The highest BCUT2D eigenvalue weighted by atomic mass is 79.9. The number of aromatic nitrogens is 1. The molecule has 2 saturated heterocycles. The zero-order valence-electron chi connectivity index (χ0n) is 9.01. The Hall–Kier alpha value is -0.610. The van der Waals surface area contributed by atoms with Gasteiger partial charge in [-0.3, -0.25) is 4.98 Å². The molecule has 2 aliphatic rings. The highest BCUT2D eigenvalue weighted by Crippen LogP contribution is 2.41. The van der Waals surface area contributed by atoms with E-state index in [2.05, 4.69) is 31.9 Å². The number of hydrogen-bond acceptors (Lipinski definition) is 3. The van der Waals surface area contributed by atoms with E-state index in [4.69, 9.17) is 0 Å². The molecule has 0 aromatic carbocycles. The van der Waals surface area contributed by atoms with Crippen LogP contribution in [-0.4, -0.2) is 28.3 Å². The molecule has 3 heterocycles. The van der Waals surface area contributed by atoms with Crippen molar-refractivity contribution in [2.24, 2.45) is 0 Å². The van der Waals surface area contributed by atoms with Gasteiger partial charge in [0.1, 0.15) is 0 Å². The Morgan fingerprint density at radius 3 is 2.62 bits per heavy atom. The molecule has 0 amide bonds. The third-order valence-electron chi connectivity index (χ3n) is 3.74. The summed E-state index contributed by atoms with van der Waals surface area (Å²) in [6.45, 7) is 0. The SMILES string of the molecule is OC1CC2CCC(C1)N2c1ccncc1Br. The van der Waals surface area contributed by atoms with Crippen LogP contribution in [0.5, 0.6) is 0 Å². The maximum Gasteiger partial charge on any atom is 0.0592 e. The molecule has 3 nitrogen and oxygen atoms in total. The Bertz CT molecular complexity index is 384. The molecule has 16 heavy (non-hydrogen) atoms. The fourth-order valence-corrected chi connectivity index (χ4v) is 3.57. The lowest BCUT2D eigenvalue weighted by atomic mass is 9.99. The number of pyridine rings is 1. The van der Waals surface area contributed by atoms with Gasteiger partial charge >= 0.3 is 0 Å². The van der Waals surface area contributed by atoms with Crippen molar-refractivity contribution in [3.05, 3.63) is 22.9 Å². The summed E-state index contributed by atoms with van der Waals surface area (Å²) in [5.41, 5.74) is 1.23. The minimum atomic E-state index is -0.102. The molecule has 0 saturated carbocycles. The molecule has 1 aromatic heterocycles. The van der Waals surface area contributed by atoms with Crippen molar-refractivity contribution in [2.45, 2.75) is 43.9 Å². The zero-order valence-corrected chi connectivity index (χ0v) is 10.6. The summed E-state index contributed by atoms with van der Waals surface area (Å²) in [4.78, 5) is 6.57. The topological polar surface area (TPSA) is 36.4 Å². The van der Waals surface area contributed by atoms with Gasteiger partial charge in [0.15, 0.2) is 0 Å². The Morgan fingerprint density at radius 1 is 1.31 bits per heavy atom. The van der Waals surface area contributed by atoms with Gasteiger partial charge in [0.2, 0.25) is 0 Å². The van der Waals surface area contributed by atoms with Crippen LogP contribution in [0.2, 0.25) is 0 Å². The summed E-state index contributed by atoms with van der Waals surface area (Å²) in [5, 5.41) is 9.77. The molecule has 2 atom stereocenters. The molecule has 0 spiro atoms. The van der Waals surface area contributed by atoms with Crippen LogP contribution in [0.4, 0.5) is 5.69 Å². The fourth-order valence-electron chi connectivity index (χ4n) is 3.12. The quantitative estimate of drug-likeness (QED) is 0.859. The van der Waals surface area contributed by atoms with E-state index in [9.17, 15) is 5.11 Å². The van der Waals surface area contributed by atoms with Gasteiger partial charge in [-0.15, -0.1) is 0 Å².